The Labute approximate surface area is 103 Å². The Hall–Kier alpha value is -0.410. The van der Waals surface area contributed by atoms with Gasteiger partial charge in [-0.05, 0) is 19.3 Å². The molecule has 0 fully saturated rings. The summed E-state index contributed by atoms with van der Waals surface area (Å²) in [5, 5.41) is 7.03. The molecule has 1 heterocycles. The highest BCUT2D eigenvalue weighted by Crippen LogP contribution is 2.11. The molecule has 0 saturated heterocycles. The van der Waals surface area contributed by atoms with Gasteiger partial charge in [-0.25, -0.2) is 4.98 Å². The molecule has 0 amide bonds. The maximum Gasteiger partial charge on any atom is 0.0926 e. The lowest BCUT2D eigenvalue weighted by Gasteiger charge is -2.15. The van der Waals surface area contributed by atoms with Gasteiger partial charge < -0.3 is 5.32 Å². The molecule has 1 aromatic heterocycles. The van der Waals surface area contributed by atoms with E-state index in [1.54, 1.807) is 11.3 Å². The molecule has 0 aliphatic carbocycles. The summed E-state index contributed by atoms with van der Waals surface area (Å²) >= 11 is 1.78. The molecule has 0 spiro atoms. The minimum absolute atomic E-state index is 0.659. The predicted molar refractivity (Wildman–Crippen MR) is 71.9 cm³/mol. The second kappa shape index (κ2) is 7.80. The van der Waals surface area contributed by atoms with Crippen LogP contribution in [0.25, 0.3) is 0 Å². The van der Waals surface area contributed by atoms with E-state index in [9.17, 15) is 0 Å². The fourth-order valence-corrected chi connectivity index (χ4v) is 2.49. The molecule has 0 aromatic carbocycles. The van der Waals surface area contributed by atoms with Crippen LogP contribution in [0.2, 0.25) is 0 Å². The molecule has 0 bridgehead atoms. The molecule has 1 aromatic rings. The van der Waals surface area contributed by atoms with Crippen molar-refractivity contribution in [1.29, 1.82) is 0 Å². The highest BCUT2D eigenvalue weighted by atomic mass is 32.1. The van der Waals surface area contributed by atoms with Crippen molar-refractivity contribution in [3.05, 3.63) is 16.1 Å². The van der Waals surface area contributed by atoms with Crippen LogP contribution in [0.5, 0.6) is 0 Å². The molecule has 1 unspecified atom stereocenters. The Bertz CT molecular complexity index is 283. The van der Waals surface area contributed by atoms with Crippen LogP contribution < -0.4 is 5.32 Å². The minimum Gasteiger partial charge on any atom is -0.308 e. The quantitative estimate of drug-likeness (QED) is 0.748. The monoisotopic (exact) mass is 240 g/mol. The summed E-state index contributed by atoms with van der Waals surface area (Å²) in [4.78, 5) is 4.57. The highest BCUT2D eigenvalue weighted by Gasteiger charge is 2.06. The normalized spacial score (nSPS) is 12.9. The summed E-state index contributed by atoms with van der Waals surface area (Å²) < 4.78 is 0. The van der Waals surface area contributed by atoms with Crippen molar-refractivity contribution in [1.82, 2.24) is 10.3 Å². The predicted octanol–water partition coefficient (Wildman–Crippen LogP) is 3.76. The minimum atomic E-state index is 0.659. The molecule has 16 heavy (non-hydrogen) atoms. The Morgan fingerprint density at radius 1 is 1.38 bits per heavy atom. The van der Waals surface area contributed by atoms with Crippen LogP contribution >= 0.6 is 11.3 Å². The molecule has 2 nitrogen and oxygen atoms in total. The van der Waals surface area contributed by atoms with E-state index in [4.69, 9.17) is 0 Å². The van der Waals surface area contributed by atoms with Crippen molar-refractivity contribution < 1.29 is 0 Å². The summed E-state index contributed by atoms with van der Waals surface area (Å²) in [5.41, 5.74) is 1.21. The topological polar surface area (TPSA) is 24.9 Å². The number of aryl methyl sites for hydroxylation is 1. The number of hydrogen-bond donors (Lipinski definition) is 1. The Kier molecular flexibility index (Phi) is 6.65. The van der Waals surface area contributed by atoms with Crippen LogP contribution in [0.3, 0.4) is 0 Å². The van der Waals surface area contributed by atoms with Gasteiger partial charge in [0.1, 0.15) is 0 Å². The van der Waals surface area contributed by atoms with Gasteiger partial charge in [-0.15, -0.1) is 11.3 Å². The third-order valence-corrected chi connectivity index (χ3v) is 3.91. The first-order valence-corrected chi connectivity index (χ1v) is 7.34. The number of unbranched alkanes of at least 4 members (excludes halogenated alkanes) is 1. The fourth-order valence-electron chi connectivity index (χ4n) is 1.74. The zero-order chi connectivity index (χ0) is 11.8. The standard InChI is InChI=1S/C13H24N2S/c1-4-7-8-11(5-2)14-9-12-10-16-13(6-3)15-12/h10-11,14H,4-9H2,1-3H3. The van der Waals surface area contributed by atoms with Gasteiger partial charge in [-0.1, -0.05) is 33.6 Å². The average Bonchev–Trinajstić information content (AvgIpc) is 2.77. The van der Waals surface area contributed by atoms with E-state index < -0.39 is 0 Å². The maximum atomic E-state index is 4.57. The van der Waals surface area contributed by atoms with Gasteiger partial charge in [0.25, 0.3) is 0 Å². The van der Waals surface area contributed by atoms with Gasteiger partial charge in [-0.2, -0.15) is 0 Å². The zero-order valence-electron chi connectivity index (χ0n) is 10.8. The van der Waals surface area contributed by atoms with E-state index in [1.807, 2.05) is 0 Å². The summed E-state index contributed by atoms with van der Waals surface area (Å²) in [6.07, 6.45) is 6.16. The number of hydrogen-bond acceptors (Lipinski definition) is 3. The maximum absolute atomic E-state index is 4.57. The third-order valence-electron chi connectivity index (χ3n) is 2.87. The van der Waals surface area contributed by atoms with Gasteiger partial charge >= 0.3 is 0 Å². The third kappa shape index (κ3) is 4.62. The van der Waals surface area contributed by atoms with Crippen LogP contribution in [0.4, 0.5) is 0 Å². The van der Waals surface area contributed by atoms with Gasteiger partial charge in [-0.3, -0.25) is 0 Å². The van der Waals surface area contributed by atoms with Crippen LogP contribution in [-0.4, -0.2) is 11.0 Å². The van der Waals surface area contributed by atoms with Crippen LogP contribution in [0.15, 0.2) is 5.38 Å². The molecule has 0 aliphatic rings. The van der Waals surface area contributed by atoms with E-state index in [1.165, 1.54) is 36.4 Å². The van der Waals surface area contributed by atoms with E-state index in [0.29, 0.717) is 6.04 Å². The number of thiazole rings is 1. The fraction of sp³-hybridized carbons (Fsp3) is 0.769. The Morgan fingerprint density at radius 3 is 2.75 bits per heavy atom. The molecular formula is C13H24N2S. The van der Waals surface area contributed by atoms with Crippen molar-refractivity contribution in [3.63, 3.8) is 0 Å². The number of nitrogens with one attached hydrogen (secondary N) is 1. The van der Waals surface area contributed by atoms with Crippen molar-refractivity contribution in [2.24, 2.45) is 0 Å². The van der Waals surface area contributed by atoms with Crippen molar-refractivity contribution in [2.75, 3.05) is 0 Å². The van der Waals surface area contributed by atoms with Crippen LogP contribution in [0, 0.1) is 0 Å². The van der Waals surface area contributed by atoms with Gasteiger partial charge in [0, 0.05) is 18.0 Å². The van der Waals surface area contributed by atoms with Crippen LogP contribution in [0.1, 0.15) is 57.2 Å². The number of aromatic nitrogens is 1. The zero-order valence-corrected chi connectivity index (χ0v) is 11.6. The van der Waals surface area contributed by atoms with Crippen molar-refractivity contribution in [2.45, 2.75) is 65.5 Å². The molecule has 0 radical (unpaired) electrons. The lowest BCUT2D eigenvalue weighted by atomic mass is 10.1. The second-order valence-corrected chi connectivity index (χ2v) is 5.16. The van der Waals surface area contributed by atoms with Crippen molar-refractivity contribution >= 4 is 11.3 Å². The van der Waals surface area contributed by atoms with Crippen LogP contribution in [-0.2, 0) is 13.0 Å². The van der Waals surface area contributed by atoms with E-state index >= 15 is 0 Å². The van der Waals surface area contributed by atoms with E-state index in [-0.39, 0.29) is 0 Å². The van der Waals surface area contributed by atoms with Gasteiger partial charge in [0.2, 0.25) is 0 Å². The summed E-state index contributed by atoms with van der Waals surface area (Å²) in [7, 11) is 0. The molecule has 1 rings (SSSR count). The first-order chi connectivity index (χ1) is 7.80. The molecule has 1 N–H and O–H groups in total. The Morgan fingerprint density at radius 2 is 2.19 bits per heavy atom. The smallest absolute Gasteiger partial charge is 0.0926 e. The number of rotatable bonds is 8. The molecule has 1 atom stereocenters. The molecule has 0 saturated carbocycles. The first-order valence-electron chi connectivity index (χ1n) is 6.46. The first kappa shape index (κ1) is 13.7. The molecule has 92 valence electrons. The largest absolute Gasteiger partial charge is 0.308 e. The molecule has 3 heteroatoms. The number of nitrogens with zero attached hydrogens (tertiary/aromatic N) is 1. The van der Waals surface area contributed by atoms with Gasteiger partial charge in [0.15, 0.2) is 0 Å². The lowest BCUT2D eigenvalue weighted by Crippen LogP contribution is -2.27. The summed E-state index contributed by atoms with van der Waals surface area (Å²) in [6, 6.07) is 0.659. The van der Waals surface area contributed by atoms with Crippen molar-refractivity contribution in [3.8, 4) is 0 Å². The van der Waals surface area contributed by atoms with Gasteiger partial charge in [0.05, 0.1) is 10.7 Å². The van der Waals surface area contributed by atoms with E-state index in [0.717, 1.165) is 13.0 Å². The lowest BCUT2D eigenvalue weighted by molar-refractivity contribution is 0.449. The molecular weight excluding hydrogens is 216 g/mol. The second-order valence-electron chi connectivity index (χ2n) is 4.21. The molecule has 0 aliphatic heterocycles. The average molecular weight is 240 g/mol. The Balaban J connectivity index is 2.31. The van der Waals surface area contributed by atoms with E-state index in [2.05, 4.69) is 36.5 Å². The highest BCUT2D eigenvalue weighted by molar-refractivity contribution is 7.09. The summed E-state index contributed by atoms with van der Waals surface area (Å²) in [6.45, 7) is 7.59. The SMILES string of the molecule is CCCCC(CC)NCc1csc(CC)n1. The summed E-state index contributed by atoms with van der Waals surface area (Å²) in [5.74, 6) is 0.